The van der Waals surface area contributed by atoms with Crippen LogP contribution in [0.3, 0.4) is 0 Å². The van der Waals surface area contributed by atoms with Gasteiger partial charge in [-0.2, -0.15) is 0 Å². The van der Waals surface area contributed by atoms with Crippen LogP contribution in [0.1, 0.15) is 62.1 Å². The molecule has 1 aromatic rings. The van der Waals surface area contributed by atoms with Gasteiger partial charge >= 0.3 is 0 Å². The third-order valence-electron chi connectivity index (χ3n) is 3.68. The fourth-order valence-corrected chi connectivity index (χ4v) is 2.66. The van der Waals surface area contributed by atoms with E-state index in [1.54, 1.807) is 0 Å². The molecule has 0 spiro atoms. The largest absolute Gasteiger partial charge is 0.398 e. The standard InChI is InChI=1S/C14H22N2/c1-10(15)12-7-8-13(14(16)9-12)11-5-3-2-4-6-11/h7-11H,2-6,15-16H2,1H3. The lowest BCUT2D eigenvalue weighted by molar-refractivity contribution is 0.444. The van der Waals surface area contributed by atoms with Gasteiger partial charge in [0, 0.05) is 11.7 Å². The predicted molar refractivity (Wildman–Crippen MR) is 69.3 cm³/mol. The van der Waals surface area contributed by atoms with E-state index < -0.39 is 0 Å². The first-order chi connectivity index (χ1) is 7.68. The van der Waals surface area contributed by atoms with Gasteiger partial charge in [0.2, 0.25) is 0 Å². The van der Waals surface area contributed by atoms with Crippen molar-refractivity contribution in [1.29, 1.82) is 0 Å². The van der Waals surface area contributed by atoms with Crippen LogP contribution in [0.15, 0.2) is 18.2 Å². The molecule has 1 fully saturated rings. The predicted octanol–water partition coefficient (Wildman–Crippen LogP) is 3.34. The number of nitrogen functional groups attached to an aromatic ring is 1. The fourth-order valence-electron chi connectivity index (χ4n) is 2.66. The molecule has 16 heavy (non-hydrogen) atoms. The Hall–Kier alpha value is -1.02. The lowest BCUT2D eigenvalue weighted by Gasteiger charge is -2.24. The minimum absolute atomic E-state index is 0.0719. The third kappa shape index (κ3) is 2.38. The molecule has 0 aliphatic heterocycles. The van der Waals surface area contributed by atoms with Crippen LogP contribution in [0.2, 0.25) is 0 Å². The van der Waals surface area contributed by atoms with Gasteiger partial charge in [0.05, 0.1) is 0 Å². The minimum atomic E-state index is 0.0719. The summed E-state index contributed by atoms with van der Waals surface area (Å²) in [4.78, 5) is 0. The van der Waals surface area contributed by atoms with Crippen LogP contribution in [0, 0.1) is 0 Å². The quantitative estimate of drug-likeness (QED) is 0.748. The molecule has 1 saturated carbocycles. The zero-order valence-electron chi connectivity index (χ0n) is 10.1. The summed E-state index contributed by atoms with van der Waals surface area (Å²) in [7, 11) is 0. The van der Waals surface area contributed by atoms with Crippen molar-refractivity contribution in [3.63, 3.8) is 0 Å². The molecule has 0 aromatic heterocycles. The molecular formula is C14H22N2. The molecule has 1 aliphatic rings. The number of hydrogen-bond donors (Lipinski definition) is 2. The lowest BCUT2D eigenvalue weighted by atomic mass is 9.83. The number of anilines is 1. The van der Waals surface area contributed by atoms with Crippen LogP contribution in [-0.2, 0) is 0 Å². The number of benzene rings is 1. The van der Waals surface area contributed by atoms with Crippen molar-refractivity contribution in [1.82, 2.24) is 0 Å². The molecule has 1 atom stereocenters. The first-order valence-corrected chi connectivity index (χ1v) is 6.33. The molecular weight excluding hydrogens is 196 g/mol. The van der Waals surface area contributed by atoms with Crippen LogP contribution in [-0.4, -0.2) is 0 Å². The molecule has 4 N–H and O–H groups in total. The van der Waals surface area contributed by atoms with Gasteiger partial charge in [-0.05, 0) is 42.9 Å². The summed E-state index contributed by atoms with van der Waals surface area (Å²) in [5.74, 6) is 0.677. The smallest absolute Gasteiger partial charge is 0.0352 e. The Morgan fingerprint density at radius 2 is 1.88 bits per heavy atom. The summed E-state index contributed by atoms with van der Waals surface area (Å²) >= 11 is 0. The van der Waals surface area contributed by atoms with Crippen LogP contribution in [0.5, 0.6) is 0 Å². The van der Waals surface area contributed by atoms with Gasteiger partial charge in [0.15, 0.2) is 0 Å². The molecule has 2 heteroatoms. The highest BCUT2D eigenvalue weighted by Crippen LogP contribution is 2.36. The van der Waals surface area contributed by atoms with Crippen molar-refractivity contribution in [3.8, 4) is 0 Å². The maximum absolute atomic E-state index is 6.13. The second kappa shape index (κ2) is 4.88. The first-order valence-electron chi connectivity index (χ1n) is 6.33. The summed E-state index contributed by atoms with van der Waals surface area (Å²) in [6, 6.07) is 6.44. The maximum Gasteiger partial charge on any atom is 0.0352 e. The Kier molecular flexibility index (Phi) is 3.49. The van der Waals surface area contributed by atoms with E-state index in [2.05, 4.69) is 18.2 Å². The molecule has 0 heterocycles. The third-order valence-corrected chi connectivity index (χ3v) is 3.68. The van der Waals surface area contributed by atoms with Gasteiger partial charge in [-0.25, -0.2) is 0 Å². The highest BCUT2D eigenvalue weighted by Gasteiger charge is 2.17. The molecule has 1 unspecified atom stereocenters. The summed E-state index contributed by atoms with van der Waals surface area (Å²) in [6.45, 7) is 2.00. The van der Waals surface area contributed by atoms with Crippen molar-refractivity contribution in [2.24, 2.45) is 5.73 Å². The van der Waals surface area contributed by atoms with Gasteiger partial charge < -0.3 is 11.5 Å². The minimum Gasteiger partial charge on any atom is -0.398 e. The van der Waals surface area contributed by atoms with E-state index in [0.29, 0.717) is 5.92 Å². The average Bonchev–Trinajstić information content (AvgIpc) is 2.30. The van der Waals surface area contributed by atoms with Gasteiger partial charge in [-0.1, -0.05) is 31.4 Å². The van der Waals surface area contributed by atoms with Crippen molar-refractivity contribution in [3.05, 3.63) is 29.3 Å². The van der Waals surface area contributed by atoms with E-state index in [9.17, 15) is 0 Å². The Bertz CT molecular complexity index is 352. The van der Waals surface area contributed by atoms with E-state index in [4.69, 9.17) is 11.5 Å². The van der Waals surface area contributed by atoms with Crippen molar-refractivity contribution in [2.75, 3.05) is 5.73 Å². The Morgan fingerprint density at radius 3 is 2.44 bits per heavy atom. The average molecular weight is 218 g/mol. The van der Waals surface area contributed by atoms with Crippen molar-refractivity contribution < 1.29 is 0 Å². The Balaban J connectivity index is 2.21. The van der Waals surface area contributed by atoms with Gasteiger partial charge in [0.25, 0.3) is 0 Å². The number of hydrogen-bond acceptors (Lipinski definition) is 2. The summed E-state index contributed by atoms with van der Waals surface area (Å²) in [6.07, 6.45) is 6.66. The molecule has 0 bridgehead atoms. The van der Waals surface area contributed by atoms with Crippen LogP contribution in [0.25, 0.3) is 0 Å². The van der Waals surface area contributed by atoms with E-state index in [1.807, 2.05) is 6.92 Å². The molecule has 0 radical (unpaired) electrons. The molecule has 0 amide bonds. The Morgan fingerprint density at radius 1 is 1.19 bits per heavy atom. The van der Waals surface area contributed by atoms with E-state index in [1.165, 1.54) is 37.7 Å². The molecule has 0 saturated heterocycles. The van der Waals surface area contributed by atoms with Gasteiger partial charge in [-0.15, -0.1) is 0 Å². The SMILES string of the molecule is CC(N)c1ccc(C2CCCCC2)c(N)c1. The fraction of sp³-hybridized carbons (Fsp3) is 0.571. The molecule has 88 valence electrons. The highest BCUT2D eigenvalue weighted by molar-refractivity contribution is 5.51. The van der Waals surface area contributed by atoms with E-state index in [-0.39, 0.29) is 6.04 Å². The zero-order chi connectivity index (χ0) is 11.5. The molecule has 1 aromatic carbocycles. The lowest BCUT2D eigenvalue weighted by Crippen LogP contribution is -2.10. The van der Waals surface area contributed by atoms with Crippen LogP contribution < -0.4 is 11.5 Å². The first kappa shape index (κ1) is 11.5. The second-order valence-corrected chi connectivity index (χ2v) is 5.01. The zero-order valence-corrected chi connectivity index (χ0v) is 10.1. The van der Waals surface area contributed by atoms with Crippen molar-refractivity contribution >= 4 is 5.69 Å². The van der Waals surface area contributed by atoms with Crippen molar-refractivity contribution in [2.45, 2.75) is 51.0 Å². The molecule has 1 aliphatic carbocycles. The maximum atomic E-state index is 6.13. The second-order valence-electron chi connectivity index (χ2n) is 5.01. The highest BCUT2D eigenvalue weighted by atomic mass is 14.6. The summed E-state index contributed by atoms with van der Waals surface area (Å²) in [5.41, 5.74) is 15.4. The van der Waals surface area contributed by atoms with E-state index >= 15 is 0 Å². The summed E-state index contributed by atoms with van der Waals surface area (Å²) in [5, 5.41) is 0. The van der Waals surface area contributed by atoms with Crippen LogP contribution >= 0.6 is 0 Å². The molecule has 2 nitrogen and oxygen atoms in total. The molecule has 2 rings (SSSR count). The van der Waals surface area contributed by atoms with Crippen LogP contribution in [0.4, 0.5) is 5.69 Å². The normalized spacial score (nSPS) is 19.6. The Labute approximate surface area is 98.0 Å². The topological polar surface area (TPSA) is 52.0 Å². The number of rotatable bonds is 2. The number of nitrogens with two attached hydrogens (primary N) is 2. The van der Waals surface area contributed by atoms with E-state index in [0.717, 1.165) is 11.3 Å². The summed E-state index contributed by atoms with van der Waals surface area (Å²) < 4.78 is 0. The monoisotopic (exact) mass is 218 g/mol. The van der Waals surface area contributed by atoms with Gasteiger partial charge in [0.1, 0.15) is 0 Å². The van der Waals surface area contributed by atoms with Gasteiger partial charge in [-0.3, -0.25) is 0 Å².